The first kappa shape index (κ1) is 20.1. The van der Waals surface area contributed by atoms with Gasteiger partial charge in [0.2, 0.25) is 0 Å². The lowest BCUT2D eigenvalue weighted by Gasteiger charge is -2.32. The van der Waals surface area contributed by atoms with Crippen molar-refractivity contribution in [2.75, 3.05) is 18.4 Å². The summed E-state index contributed by atoms with van der Waals surface area (Å²) in [4.78, 5) is 26.6. The van der Waals surface area contributed by atoms with Crippen LogP contribution in [-0.2, 0) is 0 Å². The molecular formula is C20H17ClF2N4O3. The molecule has 0 unspecified atom stereocenters. The summed E-state index contributed by atoms with van der Waals surface area (Å²) in [6, 6.07) is 4.43. The molecule has 7 nitrogen and oxygen atoms in total. The molecule has 1 saturated heterocycles. The van der Waals surface area contributed by atoms with Crippen LogP contribution in [0.2, 0.25) is 5.02 Å². The summed E-state index contributed by atoms with van der Waals surface area (Å²) in [5.41, 5.74) is -0.0917. The summed E-state index contributed by atoms with van der Waals surface area (Å²) < 4.78 is 32.8. The van der Waals surface area contributed by atoms with E-state index in [1.165, 1.54) is 18.7 Å². The molecule has 2 aromatic heterocycles. The van der Waals surface area contributed by atoms with Crippen LogP contribution in [0.1, 0.15) is 23.2 Å². The number of likely N-dealkylation sites (tertiary alicyclic amines) is 1. The molecule has 10 heteroatoms. The molecular weight excluding hydrogens is 418 g/mol. The van der Waals surface area contributed by atoms with Gasteiger partial charge in [-0.2, -0.15) is 9.78 Å². The quantitative estimate of drug-likeness (QED) is 0.680. The number of carbonyl (C=O) groups is 1. The third-order valence-electron chi connectivity index (χ3n) is 4.97. The molecule has 0 atom stereocenters. The number of amides is 1. The maximum absolute atomic E-state index is 14.0. The minimum Gasteiger partial charge on any atom is -0.472 e. The van der Waals surface area contributed by atoms with Crippen molar-refractivity contribution in [2.24, 2.45) is 0 Å². The predicted molar refractivity (Wildman–Crippen MR) is 106 cm³/mol. The van der Waals surface area contributed by atoms with E-state index in [4.69, 9.17) is 16.0 Å². The zero-order chi connectivity index (χ0) is 21.3. The van der Waals surface area contributed by atoms with E-state index in [0.29, 0.717) is 43.2 Å². The number of carbonyl (C=O) groups excluding carboxylic acids is 1. The van der Waals surface area contributed by atoms with Gasteiger partial charge in [0.25, 0.3) is 11.5 Å². The van der Waals surface area contributed by atoms with Crippen LogP contribution in [0.25, 0.3) is 5.69 Å². The summed E-state index contributed by atoms with van der Waals surface area (Å²) in [7, 11) is 0. The number of benzene rings is 1. The smallest absolute Gasteiger partial charge is 0.292 e. The van der Waals surface area contributed by atoms with E-state index in [-0.39, 0.29) is 22.7 Å². The Morgan fingerprint density at radius 2 is 2.00 bits per heavy atom. The number of rotatable bonds is 4. The number of piperidine rings is 1. The van der Waals surface area contributed by atoms with Crippen molar-refractivity contribution in [2.45, 2.75) is 18.9 Å². The van der Waals surface area contributed by atoms with Gasteiger partial charge in [-0.05, 0) is 31.0 Å². The van der Waals surface area contributed by atoms with Crippen molar-refractivity contribution in [1.29, 1.82) is 0 Å². The van der Waals surface area contributed by atoms with Crippen LogP contribution in [0.4, 0.5) is 14.5 Å². The van der Waals surface area contributed by atoms with Crippen LogP contribution >= 0.6 is 11.6 Å². The zero-order valence-corrected chi connectivity index (χ0v) is 16.4. The van der Waals surface area contributed by atoms with Gasteiger partial charge in [-0.25, -0.2) is 8.78 Å². The lowest BCUT2D eigenvalue weighted by atomic mass is 10.0. The third-order valence-corrected chi connectivity index (χ3v) is 5.33. The van der Waals surface area contributed by atoms with Crippen LogP contribution < -0.4 is 10.9 Å². The van der Waals surface area contributed by atoms with E-state index in [9.17, 15) is 18.4 Å². The lowest BCUT2D eigenvalue weighted by Crippen LogP contribution is -2.42. The number of hydrogen-bond donors (Lipinski definition) is 1. The van der Waals surface area contributed by atoms with Gasteiger partial charge in [0.05, 0.1) is 23.7 Å². The minimum atomic E-state index is -0.920. The Hall–Kier alpha value is -3.20. The SMILES string of the molecule is O=C(c1ccoc1)N1CCC(Nc2cnn(-c3ccc(F)cc3F)c(=O)c2Cl)CC1. The molecule has 156 valence electrons. The molecule has 1 fully saturated rings. The molecule has 1 aliphatic heterocycles. The van der Waals surface area contributed by atoms with E-state index >= 15 is 0 Å². The molecule has 0 radical (unpaired) electrons. The van der Waals surface area contributed by atoms with Crippen molar-refractivity contribution in [3.63, 3.8) is 0 Å². The van der Waals surface area contributed by atoms with Gasteiger partial charge < -0.3 is 14.6 Å². The maximum atomic E-state index is 14.0. The molecule has 30 heavy (non-hydrogen) atoms. The van der Waals surface area contributed by atoms with Crippen molar-refractivity contribution < 1.29 is 18.0 Å². The highest BCUT2D eigenvalue weighted by atomic mass is 35.5. The normalized spacial score (nSPS) is 14.7. The van der Waals surface area contributed by atoms with Crippen molar-refractivity contribution >= 4 is 23.2 Å². The second kappa shape index (κ2) is 8.27. The fourth-order valence-corrected chi connectivity index (χ4v) is 3.56. The Morgan fingerprint density at radius 3 is 2.67 bits per heavy atom. The lowest BCUT2D eigenvalue weighted by molar-refractivity contribution is 0.0717. The van der Waals surface area contributed by atoms with Gasteiger partial charge in [-0.3, -0.25) is 9.59 Å². The number of nitrogens with zero attached hydrogens (tertiary/aromatic N) is 3. The Balaban J connectivity index is 1.45. The first-order valence-electron chi connectivity index (χ1n) is 9.25. The molecule has 3 heterocycles. The van der Waals surface area contributed by atoms with Crippen LogP contribution in [0.15, 0.2) is 52.2 Å². The molecule has 1 aliphatic rings. The highest BCUT2D eigenvalue weighted by Gasteiger charge is 2.25. The molecule has 1 amide bonds. The average molecular weight is 435 g/mol. The largest absolute Gasteiger partial charge is 0.472 e. The average Bonchev–Trinajstić information content (AvgIpc) is 3.27. The van der Waals surface area contributed by atoms with E-state index in [1.54, 1.807) is 11.0 Å². The summed E-state index contributed by atoms with van der Waals surface area (Å²) in [5, 5.41) is 6.98. The van der Waals surface area contributed by atoms with E-state index in [2.05, 4.69) is 10.4 Å². The molecule has 3 aromatic rings. The molecule has 0 spiro atoms. The standard InChI is InChI=1S/C20H17ClF2N4O3/c21-18-16(10-24-27(20(18)29)17-2-1-13(22)9-15(17)23)25-14-3-6-26(7-4-14)19(28)12-5-8-30-11-12/h1-2,5,8-11,14,25H,3-4,6-7H2. The number of aromatic nitrogens is 2. The fourth-order valence-electron chi connectivity index (χ4n) is 3.37. The van der Waals surface area contributed by atoms with Crippen molar-refractivity contribution in [1.82, 2.24) is 14.7 Å². The third kappa shape index (κ3) is 3.93. The number of hydrogen-bond acceptors (Lipinski definition) is 5. The second-order valence-electron chi connectivity index (χ2n) is 6.91. The van der Waals surface area contributed by atoms with Crippen LogP contribution in [0.5, 0.6) is 0 Å². The van der Waals surface area contributed by atoms with Crippen molar-refractivity contribution in [3.8, 4) is 5.69 Å². The Morgan fingerprint density at radius 1 is 1.23 bits per heavy atom. The fraction of sp³-hybridized carbons (Fsp3) is 0.250. The molecule has 1 N–H and O–H groups in total. The van der Waals surface area contributed by atoms with Crippen LogP contribution in [0, 0.1) is 11.6 Å². The number of nitrogens with one attached hydrogen (secondary N) is 1. The van der Waals surface area contributed by atoms with Gasteiger partial charge in [0.15, 0.2) is 5.82 Å². The Labute approximate surface area is 174 Å². The van der Waals surface area contributed by atoms with E-state index in [1.807, 2.05) is 0 Å². The number of furan rings is 1. The van der Waals surface area contributed by atoms with Crippen LogP contribution in [0.3, 0.4) is 0 Å². The van der Waals surface area contributed by atoms with Gasteiger partial charge >= 0.3 is 0 Å². The maximum Gasteiger partial charge on any atom is 0.292 e. The van der Waals surface area contributed by atoms with Crippen LogP contribution in [-0.4, -0.2) is 39.7 Å². The number of halogens is 3. The minimum absolute atomic E-state index is 0.0180. The van der Waals surface area contributed by atoms with E-state index in [0.717, 1.165) is 16.8 Å². The highest BCUT2D eigenvalue weighted by Crippen LogP contribution is 2.23. The summed E-state index contributed by atoms with van der Waals surface area (Å²) in [6.45, 7) is 1.06. The van der Waals surface area contributed by atoms with Gasteiger partial charge in [-0.1, -0.05) is 11.6 Å². The monoisotopic (exact) mass is 434 g/mol. The van der Waals surface area contributed by atoms with Gasteiger partial charge in [0, 0.05) is 25.2 Å². The highest BCUT2D eigenvalue weighted by molar-refractivity contribution is 6.33. The van der Waals surface area contributed by atoms with E-state index < -0.39 is 17.2 Å². The molecule has 4 rings (SSSR count). The molecule has 0 aliphatic carbocycles. The predicted octanol–water partition coefficient (Wildman–Crippen LogP) is 3.47. The molecule has 0 bridgehead atoms. The zero-order valence-electron chi connectivity index (χ0n) is 15.6. The Kier molecular flexibility index (Phi) is 5.54. The summed E-state index contributed by atoms with van der Waals surface area (Å²) in [6.07, 6.45) is 5.49. The first-order valence-corrected chi connectivity index (χ1v) is 9.63. The second-order valence-corrected chi connectivity index (χ2v) is 7.29. The van der Waals surface area contributed by atoms with Gasteiger partial charge in [0.1, 0.15) is 22.8 Å². The summed E-state index contributed by atoms with van der Waals surface area (Å²) in [5.74, 6) is -1.77. The topological polar surface area (TPSA) is 80.4 Å². The molecule has 0 saturated carbocycles. The van der Waals surface area contributed by atoms with Crippen molar-refractivity contribution in [3.05, 3.63) is 75.6 Å². The van der Waals surface area contributed by atoms with Gasteiger partial charge in [-0.15, -0.1) is 0 Å². The Bertz CT molecular complexity index is 1130. The number of anilines is 1. The molecule has 1 aromatic carbocycles. The first-order chi connectivity index (χ1) is 14.4. The summed E-state index contributed by atoms with van der Waals surface area (Å²) >= 11 is 6.19.